The Morgan fingerprint density at radius 3 is 1.49 bits per heavy atom. The monoisotopic (exact) mass is 1310 g/mol. The van der Waals surface area contributed by atoms with Gasteiger partial charge in [-0.2, -0.15) is 0 Å². The van der Waals surface area contributed by atoms with Crippen LogP contribution in [0.4, 0.5) is 17.1 Å². The maximum absolute atomic E-state index is 6.28. The van der Waals surface area contributed by atoms with Crippen LogP contribution in [0.25, 0.3) is 60.5 Å². The molecule has 8 aromatic carbocycles. The van der Waals surface area contributed by atoms with Crippen molar-refractivity contribution >= 4 is 122 Å². The quantitative estimate of drug-likeness (QED) is 0.147. The summed E-state index contributed by atoms with van der Waals surface area (Å²) in [5.41, 5.74) is 11.3. The Kier molecular flexibility index (Phi) is 16.7. The molecule has 17 rings (SSSR count). The predicted molar refractivity (Wildman–Crippen MR) is 397 cm³/mol. The number of hydrogen-bond acceptors (Lipinski definition) is 13. The van der Waals surface area contributed by atoms with Gasteiger partial charge in [0.25, 0.3) is 0 Å². The normalized spacial score (nSPS) is 19.4. The molecule has 0 bridgehead atoms. The van der Waals surface area contributed by atoms with Gasteiger partial charge in [-0.05, 0) is 218 Å². The van der Waals surface area contributed by atoms with E-state index < -0.39 is 14.2 Å². The lowest BCUT2D eigenvalue weighted by Gasteiger charge is -2.33. The minimum atomic E-state index is -0.428. The summed E-state index contributed by atoms with van der Waals surface area (Å²) in [6.07, 6.45) is 5.63. The zero-order valence-electron chi connectivity index (χ0n) is 59.3. The lowest BCUT2D eigenvalue weighted by atomic mass is 9.78. The summed E-state index contributed by atoms with van der Waals surface area (Å²) in [6, 6.07) is 64.0. The van der Waals surface area contributed by atoms with Crippen molar-refractivity contribution in [2.24, 2.45) is 0 Å². The molecule has 12 aromatic rings. The summed E-state index contributed by atoms with van der Waals surface area (Å²) in [7, 11) is -1.52. The van der Waals surface area contributed by atoms with Crippen LogP contribution in [0.15, 0.2) is 215 Å². The molecule has 0 unspecified atom stereocenters. The Hall–Kier alpha value is -8.41. The van der Waals surface area contributed by atoms with Gasteiger partial charge in [0.1, 0.15) is 16.7 Å². The number of benzene rings is 8. The minimum Gasteiger partial charge on any atom is -0.456 e. The predicted octanol–water partition coefficient (Wildman–Crippen LogP) is 17.0. The lowest BCUT2D eigenvalue weighted by Crippen LogP contribution is -2.41. The molecular formula is C80H85B4N3O11. The van der Waals surface area contributed by atoms with Gasteiger partial charge in [0, 0.05) is 50.8 Å². The van der Waals surface area contributed by atoms with E-state index in [1.807, 2.05) is 91.0 Å². The molecule has 0 aliphatic carbocycles. The van der Waals surface area contributed by atoms with Crippen LogP contribution in [-0.2, 0) is 37.2 Å². The van der Waals surface area contributed by atoms with Gasteiger partial charge in [0.15, 0.2) is 17.1 Å². The second-order valence-corrected chi connectivity index (χ2v) is 30.2. The Bertz CT molecular complexity index is 4880. The van der Waals surface area contributed by atoms with E-state index in [1.54, 1.807) is 12.4 Å². The van der Waals surface area contributed by atoms with Crippen molar-refractivity contribution in [1.29, 1.82) is 0 Å². The SMILES string of the molecule is CC1(C)OB(c2ccc3c(c2)Oc2ccccc2N3c2ccccc2)OC1(C)C.CC1(C)OB(c2ccc3oc4ccccc4c3c2)OC1(C)C.CC1(C)OB(c2cccc3c2oc2cnccc23)OC1(C)C.Cc1ccc(-n2ccc3cc(B4OC(C)(C)C(C)(C)O4)ccc32)cc1. The van der Waals surface area contributed by atoms with Crippen molar-refractivity contribution in [3.8, 4) is 17.2 Å². The largest absolute Gasteiger partial charge is 0.498 e. The molecule has 0 radical (unpaired) electrons. The Labute approximate surface area is 576 Å². The van der Waals surface area contributed by atoms with Gasteiger partial charge in [-0.25, -0.2) is 0 Å². The van der Waals surface area contributed by atoms with Crippen molar-refractivity contribution in [2.45, 2.75) is 163 Å². The summed E-state index contributed by atoms with van der Waals surface area (Å²) in [5, 5.41) is 5.53. The Balaban J connectivity index is 0.000000112. The van der Waals surface area contributed by atoms with Crippen LogP contribution in [-0.4, -0.2) is 82.8 Å². The molecule has 4 saturated heterocycles. The molecule has 4 fully saturated rings. The number of pyridine rings is 1. The third-order valence-corrected chi connectivity index (χ3v) is 21.4. The van der Waals surface area contributed by atoms with E-state index >= 15 is 0 Å². The van der Waals surface area contributed by atoms with Crippen molar-refractivity contribution in [3.63, 3.8) is 0 Å². The van der Waals surface area contributed by atoms with Crippen LogP contribution in [0, 0.1) is 6.92 Å². The average molecular weight is 1310 g/mol. The van der Waals surface area contributed by atoms with Crippen LogP contribution in [0.1, 0.15) is 116 Å². The molecule has 9 heterocycles. The van der Waals surface area contributed by atoms with E-state index in [0.717, 1.165) is 94.3 Å². The topological polar surface area (TPSA) is 130 Å². The number of furan rings is 2. The maximum Gasteiger partial charge on any atom is 0.498 e. The lowest BCUT2D eigenvalue weighted by molar-refractivity contribution is 0.00578. The molecule has 5 aliphatic rings. The standard InChI is InChI=1S/C24H24BNO3.C21H24BNO2.C18H19BO3.C17H18BNO3/c1-23(2)24(3,4)29-25(28-23)17-14-15-20-22(16-17)27-21-13-9-8-12-19(21)26(20)18-10-6-5-7-11-18;1-15-6-9-18(10-7-15)23-13-12-16-14-17(8-11-19(16)23)22-24-20(2,3)21(4,5)25-22;1-17(2)18(3,4)22-19(21-17)12-9-10-16-14(11-12)13-7-5-6-8-15(13)20-16;1-16(2)17(3,4)22-18(21-16)13-7-5-6-12-11-8-9-19-10-14(11)20-15(12)13/h5-16H,1-4H3;6-14H,1-5H3;5-11H,1-4H3;5-10H,1-4H3. The van der Waals surface area contributed by atoms with Gasteiger partial charge in [-0.1, -0.05) is 115 Å². The van der Waals surface area contributed by atoms with Crippen LogP contribution >= 0.6 is 0 Å². The van der Waals surface area contributed by atoms with E-state index in [1.165, 1.54) is 22.2 Å². The van der Waals surface area contributed by atoms with Crippen molar-refractivity contribution < 1.29 is 50.8 Å². The smallest absolute Gasteiger partial charge is 0.456 e. The van der Waals surface area contributed by atoms with Gasteiger partial charge in [-0.15, -0.1) is 0 Å². The highest BCUT2D eigenvalue weighted by Gasteiger charge is 2.55. The highest BCUT2D eigenvalue weighted by Crippen LogP contribution is 2.50. The molecule has 14 nitrogen and oxygen atoms in total. The number of rotatable bonds is 6. The maximum atomic E-state index is 6.28. The number of para-hydroxylation sites is 5. The van der Waals surface area contributed by atoms with Gasteiger partial charge in [-0.3, -0.25) is 4.98 Å². The third kappa shape index (κ3) is 12.1. The minimum absolute atomic E-state index is 0.319. The van der Waals surface area contributed by atoms with Crippen LogP contribution in [0.5, 0.6) is 11.5 Å². The van der Waals surface area contributed by atoms with E-state index in [0.29, 0.717) is 0 Å². The highest BCUT2D eigenvalue weighted by atomic mass is 16.7. The highest BCUT2D eigenvalue weighted by molar-refractivity contribution is 6.65. The van der Waals surface area contributed by atoms with Crippen LogP contribution < -0.4 is 31.5 Å². The first-order valence-electron chi connectivity index (χ1n) is 33.9. The molecule has 0 amide bonds. The number of ether oxygens (including phenoxy) is 1. The zero-order valence-corrected chi connectivity index (χ0v) is 59.3. The number of nitrogens with zero attached hydrogens (tertiary/aromatic N) is 3. The van der Waals surface area contributed by atoms with Crippen LogP contribution in [0.3, 0.4) is 0 Å². The summed E-state index contributed by atoms with van der Waals surface area (Å²) < 4.78 is 69.8. The fraction of sp³-hybridized carbons (Fsp3) is 0.312. The molecule has 0 spiro atoms. The molecular weight excluding hydrogens is 1220 g/mol. The summed E-state index contributed by atoms with van der Waals surface area (Å²) in [4.78, 5) is 6.35. The molecule has 98 heavy (non-hydrogen) atoms. The van der Waals surface area contributed by atoms with Gasteiger partial charge in [0.05, 0.1) is 67.9 Å². The molecule has 4 aromatic heterocycles. The van der Waals surface area contributed by atoms with Crippen molar-refractivity contribution in [1.82, 2.24) is 9.55 Å². The first-order valence-corrected chi connectivity index (χ1v) is 33.9. The van der Waals surface area contributed by atoms with Gasteiger partial charge >= 0.3 is 28.5 Å². The Morgan fingerprint density at radius 1 is 0.357 bits per heavy atom. The molecule has 0 saturated carbocycles. The first-order chi connectivity index (χ1) is 46.4. The number of aryl methyl sites for hydroxylation is 1. The van der Waals surface area contributed by atoms with Gasteiger partial charge in [0.2, 0.25) is 0 Å². The number of fused-ring (bicyclic) bond motifs is 9. The fourth-order valence-corrected chi connectivity index (χ4v) is 12.7. The summed E-state index contributed by atoms with van der Waals surface area (Å²) >= 11 is 0. The first kappa shape index (κ1) is 66.8. The average Bonchev–Trinajstić information content (AvgIpc) is 1.74. The molecule has 0 atom stereocenters. The molecule has 5 aliphatic heterocycles. The van der Waals surface area contributed by atoms with E-state index in [2.05, 4.69) is 235 Å². The fourth-order valence-electron chi connectivity index (χ4n) is 12.7. The molecule has 18 heteroatoms. The number of anilines is 3. The van der Waals surface area contributed by atoms with Crippen molar-refractivity contribution in [2.75, 3.05) is 4.90 Å². The molecule has 0 N–H and O–H groups in total. The summed E-state index contributed by atoms with van der Waals surface area (Å²) in [5.74, 6) is 1.62. The second-order valence-electron chi connectivity index (χ2n) is 30.2. The van der Waals surface area contributed by atoms with E-state index in [-0.39, 0.29) is 59.0 Å². The van der Waals surface area contributed by atoms with Crippen LogP contribution in [0.2, 0.25) is 0 Å². The van der Waals surface area contributed by atoms with Gasteiger partial charge < -0.3 is 60.3 Å². The second kappa shape index (κ2) is 24.5. The van der Waals surface area contributed by atoms with Crippen molar-refractivity contribution in [3.05, 3.63) is 212 Å². The zero-order chi connectivity index (χ0) is 69.1. The molecule has 498 valence electrons. The number of hydrogen-bond donors (Lipinski definition) is 0. The Morgan fingerprint density at radius 2 is 0.857 bits per heavy atom. The summed E-state index contributed by atoms with van der Waals surface area (Å²) in [6.45, 7) is 35.2. The van der Waals surface area contributed by atoms with E-state index in [4.69, 9.17) is 50.8 Å². The number of aromatic nitrogens is 2. The third-order valence-electron chi connectivity index (χ3n) is 21.4. The van der Waals surface area contributed by atoms with E-state index in [9.17, 15) is 0 Å².